The fourth-order valence-corrected chi connectivity index (χ4v) is 2.95. The Hall–Kier alpha value is -1.03. The van der Waals surface area contributed by atoms with Gasteiger partial charge in [0.1, 0.15) is 5.69 Å². The molecule has 1 amide bonds. The maximum atomic E-state index is 12.2. The zero-order valence-electron chi connectivity index (χ0n) is 11.4. The van der Waals surface area contributed by atoms with Crippen LogP contribution in [0.2, 0.25) is 0 Å². The average molecular weight is 325 g/mol. The van der Waals surface area contributed by atoms with Crippen LogP contribution in [0.1, 0.15) is 49.5 Å². The molecule has 0 aromatic carbocycles. The Morgan fingerprint density at radius 2 is 2.37 bits per heavy atom. The SMILES string of the molecule is CCCn1cc(Br)cc1C(=O)NCCC1=CCCC1. The normalized spacial score (nSPS) is 14.5. The summed E-state index contributed by atoms with van der Waals surface area (Å²) in [6.07, 6.45) is 9.97. The van der Waals surface area contributed by atoms with Crippen LogP contribution in [-0.4, -0.2) is 17.0 Å². The molecule has 1 heterocycles. The number of carbonyl (C=O) groups excluding carboxylic acids is 1. The summed E-state index contributed by atoms with van der Waals surface area (Å²) >= 11 is 3.43. The second kappa shape index (κ2) is 6.94. The van der Waals surface area contributed by atoms with E-state index in [-0.39, 0.29) is 5.91 Å². The standard InChI is InChI=1S/C15H21BrN2O/c1-2-9-18-11-13(16)10-14(18)15(19)17-8-7-12-5-3-4-6-12/h5,10-11H,2-4,6-9H2,1H3,(H,17,19). The van der Waals surface area contributed by atoms with E-state index in [4.69, 9.17) is 0 Å². The number of aromatic nitrogens is 1. The van der Waals surface area contributed by atoms with Crippen LogP contribution in [0.15, 0.2) is 28.4 Å². The molecule has 0 atom stereocenters. The Bertz CT molecular complexity index is 476. The summed E-state index contributed by atoms with van der Waals surface area (Å²) in [6, 6.07) is 1.89. The van der Waals surface area contributed by atoms with Crippen molar-refractivity contribution in [1.82, 2.24) is 9.88 Å². The number of halogens is 1. The summed E-state index contributed by atoms with van der Waals surface area (Å²) < 4.78 is 2.97. The highest BCUT2D eigenvalue weighted by Gasteiger charge is 2.12. The number of hydrogen-bond donors (Lipinski definition) is 1. The van der Waals surface area contributed by atoms with Crippen molar-refractivity contribution in [3.63, 3.8) is 0 Å². The first kappa shape index (κ1) is 14.4. The number of amides is 1. The van der Waals surface area contributed by atoms with Crippen molar-refractivity contribution in [2.75, 3.05) is 6.54 Å². The van der Waals surface area contributed by atoms with Crippen LogP contribution >= 0.6 is 15.9 Å². The van der Waals surface area contributed by atoms with Crippen LogP contribution in [0.5, 0.6) is 0 Å². The number of nitrogens with zero attached hydrogens (tertiary/aromatic N) is 1. The van der Waals surface area contributed by atoms with Gasteiger partial charge in [0.2, 0.25) is 0 Å². The zero-order valence-corrected chi connectivity index (χ0v) is 13.0. The first-order valence-corrected chi connectivity index (χ1v) is 7.81. The summed E-state index contributed by atoms with van der Waals surface area (Å²) in [5, 5.41) is 3.02. The molecule has 1 aromatic heterocycles. The summed E-state index contributed by atoms with van der Waals surface area (Å²) in [5.41, 5.74) is 2.24. The molecule has 0 saturated carbocycles. The van der Waals surface area contributed by atoms with Gasteiger partial charge >= 0.3 is 0 Å². The monoisotopic (exact) mass is 324 g/mol. The Morgan fingerprint density at radius 1 is 1.53 bits per heavy atom. The maximum absolute atomic E-state index is 12.2. The number of rotatable bonds is 6. The van der Waals surface area contributed by atoms with Gasteiger partial charge in [0, 0.05) is 23.8 Å². The summed E-state index contributed by atoms with van der Waals surface area (Å²) in [5.74, 6) is 0.0257. The van der Waals surface area contributed by atoms with E-state index in [0.29, 0.717) is 0 Å². The number of aryl methyl sites for hydroxylation is 1. The third kappa shape index (κ3) is 3.96. The van der Waals surface area contributed by atoms with Crippen molar-refractivity contribution in [3.8, 4) is 0 Å². The second-order valence-corrected chi connectivity index (χ2v) is 5.91. The first-order chi connectivity index (χ1) is 9.20. The van der Waals surface area contributed by atoms with Gasteiger partial charge in [-0.1, -0.05) is 18.6 Å². The Balaban J connectivity index is 1.88. The van der Waals surface area contributed by atoms with Gasteiger partial charge in [0.25, 0.3) is 5.91 Å². The van der Waals surface area contributed by atoms with Crippen molar-refractivity contribution in [2.24, 2.45) is 0 Å². The van der Waals surface area contributed by atoms with Crippen LogP contribution in [0, 0.1) is 0 Å². The van der Waals surface area contributed by atoms with Crippen molar-refractivity contribution in [2.45, 2.75) is 45.6 Å². The van der Waals surface area contributed by atoms with E-state index in [2.05, 4.69) is 34.2 Å². The summed E-state index contributed by atoms with van der Waals surface area (Å²) in [7, 11) is 0. The molecule has 4 heteroatoms. The van der Waals surface area contributed by atoms with E-state index in [0.717, 1.165) is 36.1 Å². The number of hydrogen-bond acceptors (Lipinski definition) is 1. The molecular weight excluding hydrogens is 304 g/mol. The Morgan fingerprint density at radius 3 is 3.05 bits per heavy atom. The molecule has 2 rings (SSSR count). The topological polar surface area (TPSA) is 34.0 Å². The van der Waals surface area contributed by atoms with Gasteiger partial charge in [-0.15, -0.1) is 0 Å². The van der Waals surface area contributed by atoms with E-state index in [1.165, 1.54) is 24.8 Å². The van der Waals surface area contributed by atoms with Crippen molar-refractivity contribution >= 4 is 21.8 Å². The summed E-state index contributed by atoms with van der Waals surface area (Å²) in [6.45, 7) is 3.72. The molecule has 1 aromatic rings. The molecule has 3 nitrogen and oxygen atoms in total. The predicted molar refractivity (Wildman–Crippen MR) is 81.3 cm³/mol. The van der Waals surface area contributed by atoms with Gasteiger partial charge in [-0.05, 0) is 54.1 Å². The minimum absolute atomic E-state index is 0.0257. The van der Waals surface area contributed by atoms with Crippen molar-refractivity contribution < 1.29 is 4.79 Å². The molecule has 0 radical (unpaired) electrons. The first-order valence-electron chi connectivity index (χ1n) is 7.02. The highest BCUT2D eigenvalue weighted by molar-refractivity contribution is 9.10. The molecule has 1 aliphatic carbocycles. The smallest absolute Gasteiger partial charge is 0.267 e. The lowest BCUT2D eigenvalue weighted by molar-refractivity contribution is 0.0944. The van der Waals surface area contributed by atoms with Gasteiger partial charge in [-0.2, -0.15) is 0 Å². The highest BCUT2D eigenvalue weighted by atomic mass is 79.9. The average Bonchev–Trinajstić information content (AvgIpc) is 2.99. The van der Waals surface area contributed by atoms with Crippen molar-refractivity contribution in [3.05, 3.63) is 34.1 Å². The number of carbonyl (C=O) groups is 1. The lowest BCUT2D eigenvalue weighted by Gasteiger charge is -2.09. The molecule has 19 heavy (non-hydrogen) atoms. The molecule has 0 unspecified atom stereocenters. The molecule has 1 aliphatic rings. The molecule has 0 aliphatic heterocycles. The number of allylic oxidation sites excluding steroid dienone is 1. The van der Waals surface area contributed by atoms with Gasteiger partial charge in [0.15, 0.2) is 0 Å². The quantitative estimate of drug-likeness (QED) is 0.791. The van der Waals surface area contributed by atoms with Gasteiger partial charge in [0.05, 0.1) is 0 Å². The van der Waals surface area contributed by atoms with Crippen LogP contribution in [0.3, 0.4) is 0 Å². The van der Waals surface area contributed by atoms with E-state index < -0.39 is 0 Å². The summed E-state index contributed by atoms with van der Waals surface area (Å²) in [4.78, 5) is 12.2. The van der Waals surface area contributed by atoms with E-state index in [1.807, 2.05) is 16.8 Å². The Labute approximate surface area is 123 Å². The lowest BCUT2D eigenvalue weighted by atomic mass is 10.2. The van der Waals surface area contributed by atoms with Gasteiger partial charge in [-0.3, -0.25) is 4.79 Å². The van der Waals surface area contributed by atoms with E-state index in [9.17, 15) is 4.79 Å². The lowest BCUT2D eigenvalue weighted by Crippen LogP contribution is -2.27. The predicted octanol–water partition coefficient (Wildman–Crippen LogP) is 3.89. The molecule has 0 spiro atoms. The fraction of sp³-hybridized carbons (Fsp3) is 0.533. The molecule has 0 saturated heterocycles. The molecule has 0 bridgehead atoms. The van der Waals surface area contributed by atoms with Gasteiger partial charge in [-0.25, -0.2) is 0 Å². The minimum Gasteiger partial charge on any atom is -0.350 e. The van der Waals surface area contributed by atoms with Crippen LogP contribution < -0.4 is 5.32 Å². The molecule has 104 valence electrons. The second-order valence-electron chi connectivity index (χ2n) is 5.00. The third-order valence-corrected chi connectivity index (χ3v) is 3.86. The molecule has 1 N–H and O–H groups in total. The minimum atomic E-state index is 0.0257. The van der Waals surface area contributed by atoms with Gasteiger partial charge < -0.3 is 9.88 Å². The van der Waals surface area contributed by atoms with E-state index >= 15 is 0 Å². The van der Waals surface area contributed by atoms with Crippen LogP contribution in [0.4, 0.5) is 0 Å². The number of nitrogens with one attached hydrogen (secondary N) is 1. The third-order valence-electron chi connectivity index (χ3n) is 3.43. The molecule has 0 fully saturated rings. The van der Waals surface area contributed by atoms with Crippen LogP contribution in [-0.2, 0) is 6.54 Å². The maximum Gasteiger partial charge on any atom is 0.267 e. The highest BCUT2D eigenvalue weighted by Crippen LogP contribution is 2.20. The fourth-order valence-electron chi connectivity index (χ4n) is 2.48. The van der Waals surface area contributed by atoms with E-state index in [1.54, 1.807) is 0 Å². The zero-order chi connectivity index (χ0) is 13.7. The van der Waals surface area contributed by atoms with Crippen LogP contribution in [0.25, 0.3) is 0 Å². The van der Waals surface area contributed by atoms with Crippen molar-refractivity contribution in [1.29, 1.82) is 0 Å². The Kier molecular flexibility index (Phi) is 5.25. The molecular formula is C15H21BrN2O. The largest absolute Gasteiger partial charge is 0.350 e.